The quantitative estimate of drug-likeness (QED) is 0.533. The highest BCUT2D eigenvalue weighted by molar-refractivity contribution is 5.69. The molecule has 0 saturated heterocycles. The van der Waals surface area contributed by atoms with Crippen molar-refractivity contribution in [2.24, 2.45) is 0 Å². The number of rotatable bonds is 5. The van der Waals surface area contributed by atoms with Crippen molar-refractivity contribution in [3.05, 3.63) is 59.7 Å². The third-order valence-corrected chi connectivity index (χ3v) is 4.35. The van der Waals surface area contributed by atoms with Gasteiger partial charge in [0.1, 0.15) is 11.5 Å². The maximum atomic E-state index is 10.7. The Bertz CT molecular complexity index is 664. The van der Waals surface area contributed by atoms with E-state index < -0.39 is 0 Å². The van der Waals surface area contributed by atoms with E-state index in [1.54, 1.807) is 12.1 Å². The number of esters is 1. The minimum atomic E-state index is -0.272. The highest BCUT2D eigenvalue weighted by atomic mass is 16.5. The fourth-order valence-corrected chi connectivity index (χ4v) is 2.35. The second-order valence-corrected chi connectivity index (χ2v) is 6.38. The largest absolute Gasteiger partial charge is 0.508 e. The number of benzene rings is 2. The number of ether oxygens (including phenoxy) is 1. The molecule has 3 heteroatoms. The molecule has 136 valence electrons. The summed E-state index contributed by atoms with van der Waals surface area (Å²) in [4.78, 5) is 10.7. The number of aromatic hydroxyl groups is 1. The zero-order valence-electron chi connectivity index (χ0n) is 16.0. The summed E-state index contributed by atoms with van der Waals surface area (Å²) in [5, 5.41) is 9.16. The van der Waals surface area contributed by atoms with Crippen molar-refractivity contribution < 1.29 is 14.6 Å². The lowest BCUT2D eigenvalue weighted by Crippen LogP contribution is -2.02. The first-order valence-corrected chi connectivity index (χ1v) is 8.94. The first-order valence-electron chi connectivity index (χ1n) is 8.94. The van der Waals surface area contributed by atoms with Crippen LogP contribution in [-0.4, -0.2) is 11.1 Å². The molecule has 0 radical (unpaired) electrons. The summed E-state index contributed by atoms with van der Waals surface area (Å²) < 4.78 is 5.01. The van der Waals surface area contributed by atoms with E-state index in [1.807, 2.05) is 30.3 Å². The summed E-state index contributed by atoms with van der Waals surface area (Å²) in [6.45, 7) is 10.0. The SMILES string of the molecule is CCC(C)c1cccc(O)c1.CCC(C)c1cccc(OC(C)=O)c1. The third-order valence-electron chi connectivity index (χ3n) is 4.35. The van der Waals surface area contributed by atoms with Gasteiger partial charge in [-0.25, -0.2) is 0 Å². The lowest BCUT2D eigenvalue weighted by molar-refractivity contribution is -0.131. The topological polar surface area (TPSA) is 46.5 Å². The summed E-state index contributed by atoms with van der Waals surface area (Å²) in [6, 6.07) is 15.2. The summed E-state index contributed by atoms with van der Waals surface area (Å²) in [5.74, 6) is 1.78. The summed E-state index contributed by atoms with van der Waals surface area (Å²) >= 11 is 0. The zero-order valence-corrected chi connectivity index (χ0v) is 16.0. The molecule has 2 aromatic carbocycles. The van der Waals surface area contributed by atoms with E-state index >= 15 is 0 Å². The Kier molecular flexibility index (Phi) is 8.76. The molecule has 0 saturated carbocycles. The lowest BCUT2D eigenvalue weighted by atomic mass is 9.99. The van der Waals surface area contributed by atoms with Crippen LogP contribution >= 0.6 is 0 Å². The van der Waals surface area contributed by atoms with Crippen LogP contribution < -0.4 is 4.74 Å². The molecule has 0 bridgehead atoms. The van der Waals surface area contributed by atoms with Gasteiger partial charge in [-0.1, -0.05) is 52.0 Å². The van der Waals surface area contributed by atoms with Crippen LogP contribution in [-0.2, 0) is 4.79 Å². The fourth-order valence-electron chi connectivity index (χ4n) is 2.35. The van der Waals surface area contributed by atoms with Crippen molar-refractivity contribution in [2.45, 2.75) is 59.3 Å². The second-order valence-electron chi connectivity index (χ2n) is 6.38. The Morgan fingerprint density at radius 2 is 1.48 bits per heavy atom. The Balaban J connectivity index is 0.000000257. The monoisotopic (exact) mass is 342 g/mol. The van der Waals surface area contributed by atoms with Gasteiger partial charge in [0.15, 0.2) is 0 Å². The van der Waals surface area contributed by atoms with Crippen LogP contribution in [0.5, 0.6) is 11.5 Å². The van der Waals surface area contributed by atoms with E-state index in [2.05, 4.69) is 33.8 Å². The molecule has 0 spiro atoms. The van der Waals surface area contributed by atoms with Gasteiger partial charge in [0.05, 0.1) is 0 Å². The van der Waals surface area contributed by atoms with Crippen molar-refractivity contribution in [3.63, 3.8) is 0 Å². The van der Waals surface area contributed by atoms with E-state index in [9.17, 15) is 4.79 Å². The van der Waals surface area contributed by atoms with Crippen LogP contribution in [0.2, 0.25) is 0 Å². The van der Waals surface area contributed by atoms with Gasteiger partial charge in [0, 0.05) is 6.92 Å². The van der Waals surface area contributed by atoms with Crippen molar-refractivity contribution >= 4 is 5.97 Å². The maximum Gasteiger partial charge on any atom is 0.308 e. The molecule has 25 heavy (non-hydrogen) atoms. The molecule has 0 aromatic heterocycles. The predicted molar refractivity (Wildman–Crippen MR) is 103 cm³/mol. The Morgan fingerprint density at radius 3 is 1.96 bits per heavy atom. The first-order chi connectivity index (χ1) is 11.9. The molecule has 2 atom stereocenters. The Morgan fingerprint density at radius 1 is 0.960 bits per heavy atom. The molecule has 2 aromatic rings. The predicted octanol–water partition coefficient (Wildman–Crippen LogP) is 6.03. The van der Waals surface area contributed by atoms with Gasteiger partial charge >= 0.3 is 5.97 Å². The normalized spacial score (nSPS) is 12.5. The van der Waals surface area contributed by atoms with E-state index in [1.165, 1.54) is 18.1 Å². The first kappa shape index (κ1) is 20.8. The molecule has 0 aliphatic heterocycles. The zero-order chi connectivity index (χ0) is 18.8. The molecule has 0 aliphatic rings. The van der Waals surface area contributed by atoms with E-state index in [0.29, 0.717) is 23.3 Å². The molecule has 0 fully saturated rings. The minimum Gasteiger partial charge on any atom is -0.508 e. The highest BCUT2D eigenvalue weighted by Gasteiger charge is 2.05. The number of hydrogen-bond acceptors (Lipinski definition) is 3. The molecule has 3 nitrogen and oxygen atoms in total. The standard InChI is InChI=1S/C12H16O2.C10H14O/c1-4-9(2)11-6-5-7-12(8-11)14-10(3)13;1-3-8(2)9-5-4-6-10(11)7-9/h5-9H,4H2,1-3H3;4-8,11H,3H2,1-2H3. The van der Waals surface area contributed by atoms with E-state index in [-0.39, 0.29) is 5.97 Å². The van der Waals surface area contributed by atoms with Crippen LogP contribution in [0.15, 0.2) is 48.5 Å². The third kappa shape index (κ3) is 7.42. The summed E-state index contributed by atoms with van der Waals surface area (Å²) in [5.41, 5.74) is 2.43. The Labute approximate surface area is 151 Å². The number of phenols is 1. The maximum absolute atomic E-state index is 10.7. The molecule has 2 unspecified atom stereocenters. The molecule has 1 N–H and O–H groups in total. The lowest BCUT2D eigenvalue weighted by Gasteiger charge is -2.10. The Hall–Kier alpha value is -2.29. The van der Waals surface area contributed by atoms with E-state index in [0.717, 1.165) is 12.8 Å². The average molecular weight is 342 g/mol. The summed E-state index contributed by atoms with van der Waals surface area (Å²) in [7, 11) is 0. The van der Waals surface area contributed by atoms with Gasteiger partial charge in [-0.2, -0.15) is 0 Å². The number of hydrogen-bond donors (Lipinski definition) is 1. The van der Waals surface area contributed by atoms with Gasteiger partial charge < -0.3 is 9.84 Å². The van der Waals surface area contributed by atoms with Crippen molar-refractivity contribution in [1.29, 1.82) is 0 Å². The van der Waals surface area contributed by atoms with Crippen LogP contribution in [0.1, 0.15) is 70.4 Å². The van der Waals surface area contributed by atoms with Crippen LogP contribution in [0.4, 0.5) is 0 Å². The van der Waals surface area contributed by atoms with Crippen LogP contribution in [0, 0.1) is 0 Å². The van der Waals surface area contributed by atoms with Gasteiger partial charge in [-0.3, -0.25) is 4.79 Å². The van der Waals surface area contributed by atoms with Gasteiger partial charge in [0.2, 0.25) is 0 Å². The molecule has 0 heterocycles. The molecule has 2 rings (SSSR count). The highest BCUT2D eigenvalue weighted by Crippen LogP contribution is 2.23. The van der Waals surface area contributed by atoms with Gasteiger partial charge in [-0.15, -0.1) is 0 Å². The average Bonchev–Trinajstić information content (AvgIpc) is 2.60. The van der Waals surface area contributed by atoms with Crippen LogP contribution in [0.25, 0.3) is 0 Å². The van der Waals surface area contributed by atoms with Gasteiger partial charge in [-0.05, 0) is 60.1 Å². The second kappa shape index (κ2) is 10.5. The number of carbonyl (C=O) groups excluding carboxylic acids is 1. The number of carbonyl (C=O) groups is 1. The van der Waals surface area contributed by atoms with Crippen molar-refractivity contribution in [2.75, 3.05) is 0 Å². The minimum absolute atomic E-state index is 0.272. The van der Waals surface area contributed by atoms with Crippen LogP contribution in [0.3, 0.4) is 0 Å². The number of phenolic OH excluding ortho intramolecular Hbond substituents is 1. The smallest absolute Gasteiger partial charge is 0.308 e. The fraction of sp³-hybridized carbons (Fsp3) is 0.409. The molecular weight excluding hydrogens is 312 g/mol. The molecular formula is C22H30O3. The molecule has 0 aliphatic carbocycles. The van der Waals surface area contributed by atoms with Crippen molar-refractivity contribution in [1.82, 2.24) is 0 Å². The van der Waals surface area contributed by atoms with E-state index in [4.69, 9.17) is 9.84 Å². The molecule has 0 amide bonds. The summed E-state index contributed by atoms with van der Waals surface area (Å²) in [6.07, 6.45) is 2.20. The van der Waals surface area contributed by atoms with Gasteiger partial charge in [0.25, 0.3) is 0 Å². The van der Waals surface area contributed by atoms with Crippen molar-refractivity contribution in [3.8, 4) is 11.5 Å².